The van der Waals surface area contributed by atoms with E-state index in [0.29, 0.717) is 48.7 Å². The predicted octanol–water partition coefficient (Wildman–Crippen LogP) is 7.53. The average Bonchev–Trinajstić information content (AvgIpc) is 3.09. The van der Waals surface area contributed by atoms with Crippen LogP contribution >= 0.6 is 0 Å². The largest absolute Gasteiger partial charge is 0.481 e. The molecular weight excluding hydrogens is 636 g/mol. The fourth-order valence-electron chi connectivity index (χ4n) is 6.56. The number of hydrogen-bond acceptors (Lipinski definition) is 6. The number of para-hydroxylation sites is 2. The molecule has 1 saturated carbocycles. The zero-order valence-electron chi connectivity index (χ0n) is 28.0. The number of carboxylic acids is 2. The standard InChI is InChI=1S/C40H42N2O8/c1-3-11-31(25-17-21-29(22-18-25)49-27-13-7-5-8-14-27)41-37(43)33-34(36(40(47)48)35(33)39(45)46)38(44)42-32(12-4-2)26-19-23-30(24-20-26)50-28-15-9-6-10-16-28/h5-10,13-24,31-36H,3-4,11-12H2,1-2H3,(H,41,43)(H,42,44)(H,45,46)(H,47,48)/t31-,32-,33?,34?,35?,36?/m0/s1. The number of carbonyl (C=O) groups is 4. The van der Waals surface area contributed by atoms with Crippen molar-refractivity contribution >= 4 is 23.8 Å². The number of hydrogen-bond donors (Lipinski definition) is 4. The molecule has 0 aliphatic heterocycles. The van der Waals surface area contributed by atoms with Gasteiger partial charge in [0, 0.05) is 0 Å². The molecule has 1 aliphatic carbocycles. The van der Waals surface area contributed by atoms with Gasteiger partial charge in [0.1, 0.15) is 23.0 Å². The zero-order valence-corrected chi connectivity index (χ0v) is 28.0. The summed E-state index contributed by atoms with van der Waals surface area (Å²) >= 11 is 0. The second kappa shape index (κ2) is 16.6. The molecule has 260 valence electrons. The summed E-state index contributed by atoms with van der Waals surface area (Å²) < 4.78 is 11.8. The Hall–Kier alpha value is -5.64. The molecular formula is C40H42N2O8. The van der Waals surface area contributed by atoms with Crippen LogP contribution < -0.4 is 20.1 Å². The SMILES string of the molecule is CCC[C@H](NC(=O)C1C(C(=O)O)C(C(=O)O)C1C(=O)N[C@@H](CCC)c1ccc(Oc2ccccc2)cc1)c1ccc(Oc2ccccc2)cc1. The first-order valence-corrected chi connectivity index (χ1v) is 16.9. The van der Waals surface area contributed by atoms with Gasteiger partial charge in [-0.2, -0.15) is 0 Å². The lowest BCUT2D eigenvalue weighted by Crippen LogP contribution is -2.64. The molecule has 2 amide bonds. The minimum absolute atomic E-state index is 0.496. The molecule has 0 radical (unpaired) electrons. The van der Waals surface area contributed by atoms with Crippen molar-refractivity contribution in [1.29, 1.82) is 0 Å². The van der Waals surface area contributed by atoms with E-state index in [1.165, 1.54) is 0 Å². The van der Waals surface area contributed by atoms with E-state index in [2.05, 4.69) is 10.6 Å². The molecule has 0 saturated heterocycles. The molecule has 0 aromatic heterocycles. The maximum atomic E-state index is 13.9. The lowest BCUT2D eigenvalue weighted by Gasteiger charge is -2.46. The second-order valence-electron chi connectivity index (χ2n) is 12.4. The predicted molar refractivity (Wildman–Crippen MR) is 187 cm³/mol. The van der Waals surface area contributed by atoms with Gasteiger partial charge in [0.25, 0.3) is 0 Å². The molecule has 1 fully saturated rings. The summed E-state index contributed by atoms with van der Waals surface area (Å²) in [5, 5.41) is 26.0. The van der Waals surface area contributed by atoms with Crippen LogP contribution in [-0.2, 0) is 19.2 Å². The third kappa shape index (κ3) is 8.49. The minimum atomic E-state index is -1.56. The van der Waals surface area contributed by atoms with E-state index >= 15 is 0 Å². The first-order chi connectivity index (χ1) is 24.2. The van der Waals surface area contributed by atoms with Crippen LogP contribution in [0.15, 0.2) is 109 Å². The molecule has 10 heteroatoms. The van der Waals surface area contributed by atoms with Crippen LogP contribution in [0.4, 0.5) is 0 Å². The summed E-state index contributed by atoms with van der Waals surface area (Å²) in [4.78, 5) is 52.5. The number of carbonyl (C=O) groups excluding carboxylic acids is 2. The van der Waals surface area contributed by atoms with Crippen LogP contribution in [0.1, 0.15) is 62.7 Å². The topological polar surface area (TPSA) is 151 Å². The van der Waals surface area contributed by atoms with Crippen LogP contribution in [0, 0.1) is 23.7 Å². The Morgan fingerprint density at radius 3 is 1.14 bits per heavy atom. The Kier molecular flexibility index (Phi) is 11.9. The van der Waals surface area contributed by atoms with Gasteiger partial charge in [0.05, 0.1) is 35.8 Å². The lowest BCUT2D eigenvalue weighted by molar-refractivity contribution is -0.182. The van der Waals surface area contributed by atoms with Gasteiger partial charge in [-0.25, -0.2) is 0 Å². The highest BCUT2D eigenvalue weighted by atomic mass is 16.5. The third-order valence-corrected chi connectivity index (χ3v) is 9.03. The number of ether oxygens (including phenoxy) is 2. The van der Waals surface area contributed by atoms with Crippen LogP contribution in [0.2, 0.25) is 0 Å². The van der Waals surface area contributed by atoms with Crippen molar-refractivity contribution in [2.45, 2.75) is 51.6 Å². The van der Waals surface area contributed by atoms with Crippen LogP contribution in [0.25, 0.3) is 0 Å². The van der Waals surface area contributed by atoms with Gasteiger partial charge in [-0.15, -0.1) is 0 Å². The van der Waals surface area contributed by atoms with E-state index in [1.807, 2.05) is 98.8 Å². The zero-order chi connectivity index (χ0) is 35.6. The Balaban J connectivity index is 1.33. The highest BCUT2D eigenvalue weighted by molar-refractivity contribution is 5.99. The molecule has 50 heavy (non-hydrogen) atoms. The molecule has 10 nitrogen and oxygen atoms in total. The van der Waals surface area contributed by atoms with E-state index in [4.69, 9.17) is 9.47 Å². The Morgan fingerprint density at radius 2 is 0.840 bits per heavy atom. The van der Waals surface area contributed by atoms with Crippen LogP contribution in [-0.4, -0.2) is 34.0 Å². The molecule has 4 unspecified atom stereocenters. The number of aliphatic carboxylic acids is 2. The smallest absolute Gasteiger partial charge is 0.308 e. The van der Waals surface area contributed by atoms with Gasteiger partial charge in [0.15, 0.2) is 0 Å². The lowest BCUT2D eigenvalue weighted by atomic mass is 9.55. The summed E-state index contributed by atoms with van der Waals surface area (Å²) in [6.07, 6.45) is 2.49. The van der Waals surface area contributed by atoms with Crippen molar-refractivity contribution in [3.05, 3.63) is 120 Å². The highest BCUT2D eigenvalue weighted by Crippen LogP contribution is 2.48. The first kappa shape index (κ1) is 35.7. The number of carboxylic acid groups (broad SMARTS) is 2. The Labute approximate surface area is 291 Å². The Bertz CT molecular complexity index is 1620. The minimum Gasteiger partial charge on any atom is -0.481 e. The molecule has 4 aromatic rings. The molecule has 4 N–H and O–H groups in total. The number of rotatable bonds is 16. The summed E-state index contributed by atoms with van der Waals surface area (Å²) in [6.45, 7) is 3.92. The maximum Gasteiger partial charge on any atom is 0.308 e. The number of amides is 2. The molecule has 0 spiro atoms. The fourth-order valence-corrected chi connectivity index (χ4v) is 6.56. The fraction of sp³-hybridized carbons (Fsp3) is 0.300. The molecule has 0 heterocycles. The highest BCUT2D eigenvalue weighted by Gasteiger charge is 2.64. The van der Waals surface area contributed by atoms with Crippen molar-refractivity contribution in [1.82, 2.24) is 10.6 Å². The summed E-state index contributed by atoms with van der Waals surface area (Å²) in [5.74, 6) is -7.54. The summed E-state index contributed by atoms with van der Waals surface area (Å²) in [5.41, 5.74) is 1.54. The number of benzene rings is 4. The van der Waals surface area contributed by atoms with E-state index < -0.39 is 59.5 Å². The summed E-state index contributed by atoms with van der Waals surface area (Å²) in [7, 11) is 0. The van der Waals surface area contributed by atoms with Gasteiger partial charge >= 0.3 is 11.9 Å². The van der Waals surface area contributed by atoms with Gasteiger partial charge in [-0.1, -0.05) is 87.4 Å². The monoisotopic (exact) mass is 678 g/mol. The van der Waals surface area contributed by atoms with Crippen LogP contribution in [0.3, 0.4) is 0 Å². The molecule has 6 atom stereocenters. The van der Waals surface area contributed by atoms with Gasteiger partial charge in [0.2, 0.25) is 11.8 Å². The quantitative estimate of drug-likeness (QED) is 0.0949. The van der Waals surface area contributed by atoms with Crippen molar-refractivity contribution in [3.63, 3.8) is 0 Å². The normalized spacial score (nSPS) is 19.2. The van der Waals surface area contributed by atoms with Crippen molar-refractivity contribution in [3.8, 4) is 23.0 Å². The van der Waals surface area contributed by atoms with E-state index in [-0.39, 0.29) is 0 Å². The summed E-state index contributed by atoms with van der Waals surface area (Å²) in [6, 6.07) is 32.0. The third-order valence-electron chi connectivity index (χ3n) is 9.03. The number of nitrogens with one attached hydrogen (secondary N) is 2. The van der Waals surface area contributed by atoms with E-state index in [9.17, 15) is 29.4 Å². The van der Waals surface area contributed by atoms with Crippen molar-refractivity contribution < 1.29 is 38.9 Å². The average molecular weight is 679 g/mol. The van der Waals surface area contributed by atoms with E-state index in [1.54, 1.807) is 24.3 Å². The molecule has 4 aromatic carbocycles. The van der Waals surface area contributed by atoms with E-state index in [0.717, 1.165) is 11.1 Å². The van der Waals surface area contributed by atoms with Crippen LogP contribution in [0.5, 0.6) is 23.0 Å². The van der Waals surface area contributed by atoms with Crippen molar-refractivity contribution in [2.75, 3.05) is 0 Å². The van der Waals surface area contributed by atoms with Crippen molar-refractivity contribution in [2.24, 2.45) is 23.7 Å². The van der Waals surface area contributed by atoms with Gasteiger partial charge in [-0.05, 0) is 72.5 Å². The molecule has 5 rings (SSSR count). The Morgan fingerprint density at radius 1 is 0.520 bits per heavy atom. The molecule has 1 aliphatic rings. The van der Waals surface area contributed by atoms with Gasteiger partial charge in [-0.3, -0.25) is 19.2 Å². The maximum absolute atomic E-state index is 13.9. The second-order valence-corrected chi connectivity index (χ2v) is 12.4. The van der Waals surface area contributed by atoms with Gasteiger partial charge < -0.3 is 30.3 Å². The first-order valence-electron chi connectivity index (χ1n) is 16.9. The molecule has 0 bridgehead atoms.